The van der Waals surface area contributed by atoms with Crippen molar-refractivity contribution in [3.63, 3.8) is 0 Å². The first-order valence-corrected chi connectivity index (χ1v) is 7.39. The van der Waals surface area contributed by atoms with Crippen LogP contribution in [0, 0.1) is 17.3 Å². The lowest BCUT2D eigenvalue weighted by atomic mass is 9.46. The molecule has 0 bridgehead atoms. The zero-order valence-corrected chi connectivity index (χ0v) is 12.9. The molecule has 3 unspecified atom stereocenters. The molecule has 0 spiro atoms. The van der Waals surface area contributed by atoms with Gasteiger partial charge in [-0.3, -0.25) is 4.79 Å². The fraction of sp³-hybridized carbons (Fsp3) is 0.933. The van der Waals surface area contributed by atoms with Gasteiger partial charge < -0.3 is 15.4 Å². The van der Waals surface area contributed by atoms with Crippen molar-refractivity contribution in [3.05, 3.63) is 0 Å². The van der Waals surface area contributed by atoms with Crippen LogP contribution in [0.4, 0.5) is 0 Å². The second-order valence-electron chi connectivity index (χ2n) is 7.21. The molecule has 2 fully saturated rings. The normalized spacial score (nSPS) is 36.6. The van der Waals surface area contributed by atoms with E-state index in [9.17, 15) is 4.79 Å². The highest BCUT2D eigenvalue weighted by molar-refractivity contribution is 5.89. The molecule has 19 heavy (non-hydrogen) atoms. The molecule has 4 heteroatoms. The van der Waals surface area contributed by atoms with E-state index >= 15 is 0 Å². The Kier molecular flexibility index (Phi) is 3.69. The zero-order chi connectivity index (χ0) is 14.4. The zero-order valence-electron chi connectivity index (χ0n) is 12.9. The fourth-order valence-electron chi connectivity index (χ4n) is 3.96. The van der Waals surface area contributed by atoms with E-state index in [1.165, 1.54) is 0 Å². The van der Waals surface area contributed by atoms with Gasteiger partial charge in [-0.2, -0.15) is 0 Å². The lowest BCUT2D eigenvalue weighted by molar-refractivity contribution is -0.229. The van der Waals surface area contributed by atoms with Crippen LogP contribution in [-0.4, -0.2) is 42.6 Å². The summed E-state index contributed by atoms with van der Waals surface area (Å²) in [5, 5.41) is 0. The van der Waals surface area contributed by atoms with Crippen molar-refractivity contribution in [2.75, 3.05) is 20.2 Å². The van der Waals surface area contributed by atoms with E-state index in [0.717, 1.165) is 26.0 Å². The summed E-state index contributed by atoms with van der Waals surface area (Å²) in [5.41, 5.74) is 5.54. The first-order chi connectivity index (χ1) is 8.73. The molecule has 1 amide bonds. The molecule has 0 aromatic rings. The SMILES string of the molecule is CC(C)CN(C)C(=O)C1(N)C2CCCOC2C1(C)C. The molecular weight excluding hydrogens is 240 g/mol. The summed E-state index contributed by atoms with van der Waals surface area (Å²) in [7, 11) is 1.87. The maximum atomic E-state index is 12.8. The molecule has 0 aromatic heterocycles. The number of nitrogens with two attached hydrogens (primary N) is 1. The van der Waals surface area contributed by atoms with Crippen molar-refractivity contribution >= 4 is 5.91 Å². The minimum atomic E-state index is -0.762. The molecule has 1 aliphatic heterocycles. The molecule has 1 heterocycles. The lowest BCUT2D eigenvalue weighted by Gasteiger charge is -2.65. The van der Waals surface area contributed by atoms with Crippen LogP contribution in [0.25, 0.3) is 0 Å². The number of hydrogen-bond acceptors (Lipinski definition) is 3. The number of carbonyl (C=O) groups is 1. The Morgan fingerprint density at radius 3 is 2.68 bits per heavy atom. The van der Waals surface area contributed by atoms with Gasteiger partial charge in [-0.15, -0.1) is 0 Å². The van der Waals surface area contributed by atoms with Crippen molar-refractivity contribution in [1.29, 1.82) is 0 Å². The number of nitrogens with zero attached hydrogens (tertiary/aromatic N) is 1. The number of fused-ring (bicyclic) bond motifs is 1. The summed E-state index contributed by atoms with van der Waals surface area (Å²) in [5.74, 6) is 0.718. The van der Waals surface area contributed by atoms with E-state index in [1.807, 2.05) is 7.05 Å². The van der Waals surface area contributed by atoms with Crippen molar-refractivity contribution in [2.24, 2.45) is 23.0 Å². The van der Waals surface area contributed by atoms with Gasteiger partial charge in [0.15, 0.2) is 0 Å². The summed E-state index contributed by atoms with van der Waals surface area (Å²) < 4.78 is 5.85. The number of amides is 1. The molecule has 1 saturated carbocycles. The summed E-state index contributed by atoms with van der Waals surface area (Å²) in [6, 6.07) is 0. The average molecular weight is 268 g/mol. The van der Waals surface area contributed by atoms with E-state index < -0.39 is 5.54 Å². The lowest BCUT2D eigenvalue weighted by Crippen LogP contribution is -2.82. The van der Waals surface area contributed by atoms with Crippen molar-refractivity contribution in [1.82, 2.24) is 4.90 Å². The number of likely N-dealkylation sites (N-methyl/N-ethyl adjacent to an activating group) is 1. The molecule has 2 rings (SSSR count). The Labute approximate surface area is 116 Å². The third-order valence-electron chi connectivity index (χ3n) is 5.02. The van der Waals surface area contributed by atoms with Crippen LogP contribution in [0.3, 0.4) is 0 Å². The van der Waals surface area contributed by atoms with E-state index in [1.54, 1.807) is 4.90 Å². The molecule has 2 aliphatic rings. The van der Waals surface area contributed by atoms with E-state index in [4.69, 9.17) is 10.5 Å². The monoisotopic (exact) mass is 268 g/mol. The van der Waals surface area contributed by atoms with Gasteiger partial charge in [0.1, 0.15) is 5.54 Å². The van der Waals surface area contributed by atoms with Crippen molar-refractivity contribution in [3.8, 4) is 0 Å². The van der Waals surface area contributed by atoms with E-state index in [0.29, 0.717) is 5.92 Å². The summed E-state index contributed by atoms with van der Waals surface area (Å²) in [4.78, 5) is 14.6. The minimum Gasteiger partial charge on any atom is -0.377 e. The number of hydrogen-bond donors (Lipinski definition) is 1. The Morgan fingerprint density at radius 2 is 2.11 bits per heavy atom. The van der Waals surface area contributed by atoms with Crippen LogP contribution in [-0.2, 0) is 9.53 Å². The summed E-state index contributed by atoms with van der Waals surface area (Å²) in [6.07, 6.45) is 2.16. The molecule has 0 aromatic carbocycles. The Balaban J connectivity index is 2.19. The van der Waals surface area contributed by atoms with Crippen molar-refractivity contribution in [2.45, 2.75) is 52.2 Å². The molecule has 4 nitrogen and oxygen atoms in total. The van der Waals surface area contributed by atoms with Gasteiger partial charge in [0.2, 0.25) is 5.91 Å². The van der Waals surface area contributed by atoms with E-state index in [2.05, 4.69) is 27.7 Å². The highest BCUT2D eigenvalue weighted by Crippen LogP contribution is 2.57. The molecule has 2 N–H and O–H groups in total. The van der Waals surface area contributed by atoms with Crippen LogP contribution in [0.2, 0.25) is 0 Å². The predicted octanol–water partition coefficient (Wildman–Crippen LogP) is 1.63. The van der Waals surface area contributed by atoms with Gasteiger partial charge >= 0.3 is 0 Å². The number of ether oxygens (including phenoxy) is 1. The first-order valence-electron chi connectivity index (χ1n) is 7.39. The maximum Gasteiger partial charge on any atom is 0.243 e. The van der Waals surface area contributed by atoms with Gasteiger partial charge in [0.25, 0.3) is 0 Å². The second-order valence-corrected chi connectivity index (χ2v) is 7.21. The number of rotatable bonds is 3. The minimum absolute atomic E-state index is 0.0814. The quantitative estimate of drug-likeness (QED) is 0.846. The highest BCUT2D eigenvalue weighted by Gasteiger charge is 2.70. The Bertz CT molecular complexity index is 367. The van der Waals surface area contributed by atoms with Crippen LogP contribution >= 0.6 is 0 Å². The summed E-state index contributed by atoms with van der Waals surface area (Å²) >= 11 is 0. The molecule has 1 saturated heterocycles. The standard InChI is InChI=1S/C15H28N2O2/c1-10(2)9-17(5)13(18)15(16)11-7-6-8-19-12(11)14(15,3)4/h10-12H,6-9,16H2,1-5H3. The maximum absolute atomic E-state index is 12.8. The van der Waals surface area contributed by atoms with Gasteiger partial charge in [0.05, 0.1) is 6.10 Å². The fourth-order valence-corrected chi connectivity index (χ4v) is 3.96. The van der Waals surface area contributed by atoms with Crippen LogP contribution < -0.4 is 5.73 Å². The van der Waals surface area contributed by atoms with Crippen LogP contribution in [0.1, 0.15) is 40.5 Å². The van der Waals surface area contributed by atoms with Crippen LogP contribution in [0.15, 0.2) is 0 Å². The molecular formula is C15H28N2O2. The smallest absolute Gasteiger partial charge is 0.243 e. The first kappa shape index (κ1) is 14.8. The molecule has 1 aliphatic carbocycles. The molecule has 3 atom stereocenters. The third-order valence-corrected chi connectivity index (χ3v) is 5.02. The second kappa shape index (κ2) is 4.74. The number of carbonyl (C=O) groups excluding carboxylic acids is 1. The Hall–Kier alpha value is -0.610. The van der Waals surface area contributed by atoms with Gasteiger partial charge in [0, 0.05) is 31.5 Å². The van der Waals surface area contributed by atoms with E-state index in [-0.39, 0.29) is 23.3 Å². The van der Waals surface area contributed by atoms with Gasteiger partial charge in [-0.05, 0) is 18.8 Å². The van der Waals surface area contributed by atoms with Gasteiger partial charge in [-0.25, -0.2) is 0 Å². The highest BCUT2D eigenvalue weighted by atomic mass is 16.5. The summed E-state index contributed by atoms with van der Waals surface area (Å²) in [6.45, 7) is 9.93. The van der Waals surface area contributed by atoms with Gasteiger partial charge in [-0.1, -0.05) is 27.7 Å². The topological polar surface area (TPSA) is 55.6 Å². The molecule has 0 radical (unpaired) electrons. The van der Waals surface area contributed by atoms with Crippen LogP contribution in [0.5, 0.6) is 0 Å². The third kappa shape index (κ3) is 2.00. The average Bonchev–Trinajstić information content (AvgIpc) is 2.36. The largest absolute Gasteiger partial charge is 0.377 e. The predicted molar refractivity (Wildman–Crippen MR) is 75.6 cm³/mol. The molecule has 110 valence electrons. The van der Waals surface area contributed by atoms with Crippen molar-refractivity contribution < 1.29 is 9.53 Å². The Morgan fingerprint density at radius 1 is 1.47 bits per heavy atom.